The van der Waals surface area contributed by atoms with Gasteiger partial charge < -0.3 is 10.1 Å². The second-order valence-corrected chi connectivity index (χ2v) is 11.4. The molecule has 0 radical (unpaired) electrons. The van der Waals surface area contributed by atoms with Gasteiger partial charge in [0.2, 0.25) is 5.91 Å². The van der Waals surface area contributed by atoms with Crippen molar-refractivity contribution < 1.29 is 22.7 Å². The predicted molar refractivity (Wildman–Crippen MR) is 142 cm³/mol. The zero-order valence-electron chi connectivity index (χ0n) is 22.1. The van der Waals surface area contributed by atoms with E-state index in [4.69, 9.17) is 9.72 Å². The van der Waals surface area contributed by atoms with Crippen molar-refractivity contribution in [3.8, 4) is 27.7 Å². The van der Waals surface area contributed by atoms with Gasteiger partial charge in [0.25, 0.3) is 0 Å². The first-order valence-corrected chi connectivity index (χ1v) is 14.0. The Kier molecular flexibility index (Phi) is 6.98. The zero-order chi connectivity index (χ0) is 28.0. The van der Waals surface area contributed by atoms with Crippen molar-refractivity contribution in [1.29, 1.82) is 0 Å². The van der Waals surface area contributed by atoms with Crippen molar-refractivity contribution in [3.05, 3.63) is 34.7 Å². The molecular weight excluding hydrogens is 545 g/mol. The van der Waals surface area contributed by atoms with E-state index in [9.17, 15) is 18.0 Å². The first kappa shape index (κ1) is 26.7. The minimum absolute atomic E-state index is 0.0291. The van der Waals surface area contributed by atoms with E-state index in [0.717, 1.165) is 42.8 Å². The predicted octanol–water partition coefficient (Wildman–Crippen LogP) is 4.12. The number of aromatic amines is 1. The van der Waals surface area contributed by atoms with E-state index >= 15 is 0 Å². The Hall–Kier alpha value is -3.52. The molecule has 4 aromatic rings. The van der Waals surface area contributed by atoms with Gasteiger partial charge in [0.1, 0.15) is 17.0 Å². The third kappa shape index (κ3) is 5.17. The Morgan fingerprint density at radius 3 is 2.75 bits per heavy atom. The summed E-state index contributed by atoms with van der Waals surface area (Å²) in [4.78, 5) is 24.0. The molecule has 1 aliphatic carbocycles. The van der Waals surface area contributed by atoms with E-state index in [-0.39, 0.29) is 28.8 Å². The van der Waals surface area contributed by atoms with Crippen molar-refractivity contribution >= 4 is 22.9 Å². The van der Waals surface area contributed by atoms with Crippen LogP contribution in [0.15, 0.2) is 18.6 Å². The van der Waals surface area contributed by atoms with E-state index < -0.39 is 12.6 Å². The number of thiazole rings is 1. The number of H-pyrrole nitrogens is 1. The number of hydrogen-bond acceptors (Lipinski definition) is 8. The molecule has 1 amide bonds. The Labute approximate surface area is 232 Å². The molecule has 6 rings (SSSR count). The summed E-state index contributed by atoms with van der Waals surface area (Å²) in [5.74, 6) is 0.742. The largest absolute Gasteiger partial charge is 0.493 e. The lowest BCUT2D eigenvalue weighted by Crippen LogP contribution is -2.52. The van der Waals surface area contributed by atoms with Crippen LogP contribution in [0.4, 0.5) is 13.2 Å². The van der Waals surface area contributed by atoms with Gasteiger partial charge in [0.15, 0.2) is 11.4 Å². The number of aryl methyl sites for hydroxylation is 1. The molecular formula is C26H29F3N8O2S. The summed E-state index contributed by atoms with van der Waals surface area (Å²) in [5, 5.41) is 14.6. The molecule has 40 heavy (non-hydrogen) atoms. The molecule has 5 heterocycles. The van der Waals surface area contributed by atoms with Crippen molar-refractivity contribution in [2.45, 2.75) is 57.2 Å². The van der Waals surface area contributed by atoms with Gasteiger partial charge in [-0.25, -0.2) is 14.5 Å². The fourth-order valence-electron chi connectivity index (χ4n) is 5.90. The van der Waals surface area contributed by atoms with Crippen LogP contribution in [0.3, 0.4) is 0 Å². The monoisotopic (exact) mass is 574 g/mol. The maximum Gasteiger partial charge on any atom is 0.393 e. The third-order valence-electron chi connectivity index (χ3n) is 7.78. The number of pyridine rings is 1. The highest BCUT2D eigenvalue weighted by Gasteiger charge is 2.35. The van der Waals surface area contributed by atoms with Gasteiger partial charge in [-0.3, -0.25) is 14.8 Å². The van der Waals surface area contributed by atoms with Gasteiger partial charge in [-0.05, 0) is 44.6 Å². The number of carbonyl (C=O) groups excluding carboxylic acids is 1. The van der Waals surface area contributed by atoms with Crippen LogP contribution >= 0.6 is 11.3 Å². The Morgan fingerprint density at radius 1 is 1.23 bits per heavy atom. The van der Waals surface area contributed by atoms with Gasteiger partial charge in [-0.1, -0.05) is 0 Å². The van der Waals surface area contributed by atoms with Crippen LogP contribution in [-0.2, 0) is 11.2 Å². The number of amides is 1. The number of alkyl halides is 3. The summed E-state index contributed by atoms with van der Waals surface area (Å²) in [5.41, 5.74) is 2.21. The number of fused-ring (bicyclic) bond motifs is 1. The highest BCUT2D eigenvalue weighted by Crippen LogP contribution is 2.43. The van der Waals surface area contributed by atoms with Gasteiger partial charge in [0.05, 0.1) is 31.5 Å². The lowest BCUT2D eigenvalue weighted by Gasteiger charge is -2.38. The van der Waals surface area contributed by atoms with Crippen LogP contribution in [0, 0.1) is 6.92 Å². The molecule has 0 atom stereocenters. The fraction of sp³-hybridized carbons (Fsp3) is 0.500. The summed E-state index contributed by atoms with van der Waals surface area (Å²) in [7, 11) is 1.47. The number of methoxy groups -OCH3 is 1. The zero-order valence-corrected chi connectivity index (χ0v) is 22.9. The number of halogens is 3. The number of ether oxygens (including phenoxy) is 1. The number of nitrogens with zero attached hydrogens (tertiary/aromatic N) is 6. The number of rotatable bonds is 6. The number of piperazine rings is 1. The third-order valence-corrected chi connectivity index (χ3v) is 9.11. The molecule has 14 heteroatoms. The van der Waals surface area contributed by atoms with Crippen LogP contribution in [0.5, 0.6) is 5.75 Å². The standard InChI is InChI=1S/C26H29F3N8O2S/c1-14-23(15-3-5-17(6-4-15)36-8-7-30-20(38)12-36)40-25(33-14)22-18(10-26(27,28)29)21(34-35-22)16-9-19(39-2)24-31-13-32-37(24)11-16/h9,11,13,15,17H,3-8,10,12H2,1-2H3,(H,30,38)(H,34,35). The Balaban J connectivity index is 1.29. The summed E-state index contributed by atoms with van der Waals surface area (Å²) in [6.07, 6.45) is 1.20. The van der Waals surface area contributed by atoms with Crippen LogP contribution in [0.1, 0.15) is 47.7 Å². The highest BCUT2D eigenvalue weighted by molar-refractivity contribution is 7.15. The molecule has 2 fully saturated rings. The molecule has 0 bridgehead atoms. The van der Waals surface area contributed by atoms with Gasteiger partial charge in [-0.2, -0.15) is 23.4 Å². The normalized spacial score (nSPS) is 20.7. The van der Waals surface area contributed by atoms with Gasteiger partial charge in [-0.15, -0.1) is 11.3 Å². The molecule has 2 aliphatic rings. The lowest BCUT2D eigenvalue weighted by atomic mass is 9.84. The maximum absolute atomic E-state index is 13.8. The van der Waals surface area contributed by atoms with E-state index in [1.54, 1.807) is 12.3 Å². The molecule has 0 unspecified atom stereocenters. The SMILES string of the molecule is COc1cc(-c2[nH]nc(-c3nc(C)c(C4CCC(N5CCNC(=O)C5)CC4)s3)c2CC(F)(F)F)cn2ncnc12. The highest BCUT2D eigenvalue weighted by atomic mass is 32.1. The van der Waals surface area contributed by atoms with Crippen LogP contribution in [-0.4, -0.2) is 79.5 Å². The number of hydrogen-bond donors (Lipinski definition) is 2. The molecule has 2 N–H and O–H groups in total. The molecule has 4 aromatic heterocycles. The molecule has 0 spiro atoms. The minimum Gasteiger partial charge on any atom is -0.493 e. The number of aromatic nitrogens is 6. The van der Waals surface area contributed by atoms with Crippen LogP contribution < -0.4 is 10.1 Å². The summed E-state index contributed by atoms with van der Waals surface area (Å²) >= 11 is 1.43. The average molecular weight is 575 g/mol. The number of carbonyl (C=O) groups is 1. The van der Waals surface area contributed by atoms with Crippen molar-refractivity contribution in [1.82, 2.24) is 40.0 Å². The van der Waals surface area contributed by atoms with E-state index in [2.05, 4.69) is 30.5 Å². The maximum atomic E-state index is 13.8. The fourth-order valence-corrected chi connectivity index (χ4v) is 7.15. The number of nitrogens with one attached hydrogen (secondary N) is 2. The molecule has 0 aromatic carbocycles. The average Bonchev–Trinajstić information content (AvgIpc) is 3.65. The minimum atomic E-state index is -4.45. The summed E-state index contributed by atoms with van der Waals surface area (Å²) in [6.45, 7) is 3.90. The summed E-state index contributed by atoms with van der Waals surface area (Å²) < 4.78 is 48.3. The van der Waals surface area contributed by atoms with Crippen molar-refractivity contribution in [2.75, 3.05) is 26.7 Å². The van der Waals surface area contributed by atoms with E-state index in [1.807, 2.05) is 6.92 Å². The second kappa shape index (κ2) is 10.5. The van der Waals surface area contributed by atoms with E-state index in [1.165, 1.54) is 29.3 Å². The quantitative estimate of drug-likeness (QED) is 0.356. The van der Waals surface area contributed by atoms with Crippen molar-refractivity contribution in [3.63, 3.8) is 0 Å². The second-order valence-electron chi connectivity index (χ2n) is 10.3. The Bertz CT molecular complexity index is 1540. The first-order valence-electron chi connectivity index (χ1n) is 13.2. The van der Waals surface area contributed by atoms with Gasteiger partial charge >= 0.3 is 6.18 Å². The van der Waals surface area contributed by atoms with E-state index in [0.29, 0.717) is 41.1 Å². The molecule has 10 nitrogen and oxygen atoms in total. The Morgan fingerprint density at radius 2 is 2.02 bits per heavy atom. The molecule has 1 aliphatic heterocycles. The first-order chi connectivity index (χ1) is 19.2. The topological polar surface area (TPSA) is 113 Å². The molecule has 1 saturated heterocycles. The lowest BCUT2D eigenvalue weighted by molar-refractivity contribution is -0.127. The van der Waals surface area contributed by atoms with Crippen LogP contribution in [0.25, 0.3) is 27.6 Å². The van der Waals surface area contributed by atoms with Crippen molar-refractivity contribution in [2.24, 2.45) is 0 Å². The van der Waals surface area contributed by atoms with Gasteiger partial charge in [0, 0.05) is 41.3 Å². The smallest absolute Gasteiger partial charge is 0.393 e. The summed E-state index contributed by atoms with van der Waals surface area (Å²) in [6, 6.07) is 2.01. The molecule has 1 saturated carbocycles. The van der Waals surface area contributed by atoms with Crippen LogP contribution in [0.2, 0.25) is 0 Å². The molecule has 212 valence electrons.